The number of benzene rings is 2. The summed E-state index contributed by atoms with van der Waals surface area (Å²) in [7, 11) is 0. The van der Waals surface area contributed by atoms with Crippen molar-refractivity contribution in [2.75, 3.05) is 23.8 Å². The van der Waals surface area contributed by atoms with Crippen LogP contribution >= 0.6 is 11.6 Å². The van der Waals surface area contributed by atoms with E-state index in [2.05, 4.69) is 17.6 Å². The Balaban J connectivity index is 1.73. The predicted octanol–water partition coefficient (Wildman–Crippen LogP) is 5.74. The first-order valence-corrected chi connectivity index (χ1v) is 9.57. The van der Waals surface area contributed by atoms with Gasteiger partial charge in [-0.1, -0.05) is 56.3 Å². The summed E-state index contributed by atoms with van der Waals surface area (Å²) in [6, 6.07) is 14.8. The van der Waals surface area contributed by atoms with E-state index in [4.69, 9.17) is 16.3 Å². The summed E-state index contributed by atoms with van der Waals surface area (Å²) < 4.78 is 5.77. The molecule has 0 aromatic heterocycles. The molecule has 2 N–H and O–H groups in total. The van der Waals surface area contributed by atoms with Crippen molar-refractivity contribution >= 4 is 28.9 Å². The number of carbonyl (C=O) groups is 1. The highest BCUT2D eigenvalue weighted by molar-refractivity contribution is 6.30. The lowest BCUT2D eigenvalue weighted by Crippen LogP contribution is -2.21. The van der Waals surface area contributed by atoms with Crippen LogP contribution in [0.2, 0.25) is 5.02 Å². The summed E-state index contributed by atoms with van der Waals surface area (Å²) in [6.45, 7) is 3.08. The van der Waals surface area contributed by atoms with Gasteiger partial charge in [0.2, 0.25) is 5.91 Å². The van der Waals surface area contributed by atoms with Crippen LogP contribution in [0, 0.1) is 0 Å². The summed E-state index contributed by atoms with van der Waals surface area (Å²) in [5, 5.41) is 6.56. The van der Waals surface area contributed by atoms with Crippen LogP contribution in [0.5, 0.6) is 5.75 Å². The van der Waals surface area contributed by atoms with Crippen LogP contribution in [0.4, 0.5) is 11.4 Å². The van der Waals surface area contributed by atoms with Gasteiger partial charge in [-0.3, -0.25) is 4.79 Å². The fraction of sp³-hybridized carbons (Fsp3) is 0.381. The van der Waals surface area contributed by atoms with Gasteiger partial charge in [0.1, 0.15) is 5.75 Å². The molecule has 2 rings (SSSR count). The molecule has 0 radical (unpaired) electrons. The first-order valence-electron chi connectivity index (χ1n) is 9.19. The molecule has 5 heteroatoms. The fourth-order valence-electron chi connectivity index (χ4n) is 2.55. The molecule has 0 unspecified atom stereocenters. The predicted molar refractivity (Wildman–Crippen MR) is 109 cm³/mol. The first-order chi connectivity index (χ1) is 12.7. The van der Waals surface area contributed by atoms with Crippen molar-refractivity contribution in [2.45, 2.75) is 39.0 Å². The molecule has 0 aliphatic heterocycles. The molecule has 2 aromatic carbocycles. The molecule has 0 spiro atoms. The Morgan fingerprint density at radius 3 is 2.58 bits per heavy atom. The van der Waals surface area contributed by atoms with Crippen LogP contribution in [0.3, 0.4) is 0 Å². The van der Waals surface area contributed by atoms with E-state index < -0.39 is 0 Å². The minimum absolute atomic E-state index is 0.123. The van der Waals surface area contributed by atoms with Crippen LogP contribution in [0.25, 0.3) is 0 Å². The van der Waals surface area contributed by atoms with Crippen molar-refractivity contribution in [1.82, 2.24) is 0 Å². The average Bonchev–Trinajstić information content (AvgIpc) is 2.63. The van der Waals surface area contributed by atoms with Gasteiger partial charge in [-0.25, -0.2) is 0 Å². The molecule has 2 aromatic rings. The smallest absolute Gasteiger partial charge is 0.243 e. The van der Waals surface area contributed by atoms with Gasteiger partial charge in [0.05, 0.1) is 13.2 Å². The molecule has 26 heavy (non-hydrogen) atoms. The Hall–Kier alpha value is -2.20. The van der Waals surface area contributed by atoms with E-state index in [9.17, 15) is 4.79 Å². The van der Waals surface area contributed by atoms with Gasteiger partial charge in [0.15, 0.2) is 0 Å². The summed E-state index contributed by atoms with van der Waals surface area (Å²) in [5.41, 5.74) is 1.54. The van der Waals surface area contributed by atoms with Gasteiger partial charge < -0.3 is 15.4 Å². The van der Waals surface area contributed by atoms with Crippen LogP contribution < -0.4 is 15.4 Å². The molecule has 1 amide bonds. The number of halogens is 1. The zero-order valence-corrected chi connectivity index (χ0v) is 16.0. The van der Waals surface area contributed by atoms with Gasteiger partial charge in [-0.05, 0) is 36.8 Å². The van der Waals surface area contributed by atoms with Gasteiger partial charge in [-0.15, -0.1) is 0 Å². The number of anilines is 2. The van der Waals surface area contributed by atoms with E-state index in [-0.39, 0.29) is 12.5 Å². The molecule has 0 saturated carbocycles. The van der Waals surface area contributed by atoms with Gasteiger partial charge >= 0.3 is 0 Å². The third kappa shape index (κ3) is 7.79. The number of rotatable bonds is 11. The van der Waals surface area contributed by atoms with Crippen molar-refractivity contribution in [1.29, 1.82) is 0 Å². The molecule has 0 atom stereocenters. The van der Waals surface area contributed by atoms with Crippen molar-refractivity contribution in [3.05, 3.63) is 53.6 Å². The second kappa shape index (κ2) is 11.4. The lowest BCUT2D eigenvalue weighted by atomic mass is 10.2. The number of nitrogens with one attached hydrogen (secondary N) is 2. The molecule has 0 aliphatic rings. The van der Waals surface area contributed by atoms with E-state index in [0.717, 1.165) is 23.5 Å². The Bertz CT molecular complexity index is 691. The highest BCUT2D eigenvalue weighted by atomic mass is 35.5. The highest BCUT2D eigenvalue weighted by Crippen LogP contribution is 2.18. The minimum atomic E-state index is -0.123. The maximum atomic E-state index is 12.1. The van der Waals surface area contributed by atoms with E-state index in [1.807, 2.05) is 36.4 Å². The number of unbranched alkanes of at least 4 members (excludes halogenated alkanes) is 4. The maximum absolute atomic E-state index is 12.1. The van der Waals surface area contributed by atoms with E-state index in [1.165, 1.54) is 25.7 Å². The molecule has 0 saturated heterocycles. The third-order valence-corrected chi connectivity index (χ3v) is 4.15. The molecular weight excluding hydrogens is 348 g/mol. The molecule has 140 valence electrons. The first kappa shape index (κ1) is 20.1. The fourth-order valence-corrected chi connectivity index (χ4v) is 2.74. The maximum Gasteiger partial charge on any atom is 0.243 e. The van der Waals surface area contributed by atoms with E-state index in [1.54, 1.807) is 12.1 Å². The van der Waals surface area contributed by atoms with Crippen LogP contribution in [-0.2, 0) is 4.79 Å². The number of hydrogen-bond donors (Lipinski definition) is 2. The Kier molecular flexibility index (Phi) is 8.84. The number of amides is 1. The number of carbonyl (C=O) groups excluding carboxylic acids is 1. The topological polar surface area (TPSA) is 50.4 Å². The molecule has 4 nitrogen and oxygen atoms in total. The van der Waals surface area contributed by atoms with Crippen molar-refractivity contribution in [3.63, 3.8) is 0 Å². The summed E-state index contributed by atoms with van der Waals surface area (Å²) >= 11 is 5.93. The molecule has 0 aliphatic carbocycles. The number of hydrogen-bond acceptors (Lipinski definition) is 3. The van der Waals surface area contributed by atoms with Crippen LogP contribution in [0.15, 0.2) is 48.5 Å². The van der Waals surface area contributed by atoms with Gasteiger partial charge in [0.25, 0.3) is 0 Å². The monoisotopic (exact) mass is 374 g/mol. The van der Waals surface area contributed by atoms with Crippen molar-refractivity contribution in [3.8, 4) is 5.75 Å². The van der Waals surface area contributed by atoms with Crippen molar-refractivity contribution in [2.24, 2.45) is 0 Å². The number of ether oxygens (including phenoxy) is 1. The van der Waals surface area contributed by atoms with E-state index >= 15 is 0 Å². The third-order valence-electron chi connectivity index (χ3n) is 3.91. The lowest BCUT2D eigenvalue weighted by Gasteiger charge is -2.10. The molecular formula is C21H27ClN2O2. The second-order valence-electron chi connectivity index (χ2n) is 6.20. The largest absolute Gasteiger partial charge is 0.494 e. The Morgan fingerprint density at radius 1 is 1.00 bits per heavy atom. The zero-order chi connectivity index (χ0) is 18.6. The molecule has 0 bridgehead atoms. The molecule has 0 heterocycles. The van der Waals surface area contributed by atoms with Gasteiger partial charge in [-0.2, -0.15) is 0 Å². The standard InChI is InChI=1S/C21H27ClN2O2/c1-2-3-4-5-6-13-26-20-12-8-11-19(15-20)24-21(25)16-23-18-10-7-9-17(22)14-18/h7-12,14-15,23H,2-6,13,16H2,1H3,(H,24,25). The summed E-state index contributed by atoms with van der Waals surface area (Å²) in [4.78, 5) is 12.1. The summed E-state index contributed by atoms with van der Waals surface area (Å²) in [6.07, 6.45) is 6.04. The Morgan fingerprint density at radius 2 is 1.77 bits per heavy atom. The summed E-state index contributed by atoms with van der Waals surface area (Å²) in [5.74, 6) is 0.655. The lowest BCUT2D eigenvalue weighted by molar-refractivity contribution is -0.114. The van der Waals surface area contributed by atoms with E-state index in [0.29, 0.717) is 11.6 Å². The Labute approximate surface area is 160 Å². The van der Waals surface area contributed by atoms with Crippen LogP contribution in [0.1, 0.15) is 39.0 Å². The van der Waals surface area contributed by atoms with Gasteiger partial charge in [0, 0.05) is 22.5 Å². The molecule has 0 fully saturated rings. The minimum Gasteiger partial charge on any atom is -0.494 e. The average molecular weight is 375 g/mol. The van der Waals surface area contributed by atoms with Crippen molar-refractivity contribution < 1.29 is 9.53 Å². The quantitative estimate of drug-likeness (QED) is 0.493. The second-order valence-corrected chi connectivity index (χ2v) is 6.64. The normalized spacial score (nSPS) is 10.4. The highest BCUT2D eigenvalue weighted by Gasteiger charge is 2.04. The zero-order valence-electron chi connectivity index (χ0n) is 15.3. The van der Waals surface area contributed by atoms with Crippen LogP contribution in [-0.4, -0.2) is 19.1 Å². The SMILES string of the molecule is CCCCCCCOc1cccc(NC(=O)CNc2cccc(Cl)c2)c1.